The maximum Gasteiger partial charge on any atom is 0.162 e. The predicted molar refractivity (Wildman–Crippen MR) is 64.7 cm³/mol. The van der Waals surface area contributed by atoms with E-state index in [-0.39, 0.29) is 5.78 Å². The number of Topliss-reactive ketones (excluding diaryl/α,β-unsaturated/α-hetero) is 1. The molecule has 0 amide bonds. The lowest BCUT2D eigenvalue weighted by Gasteiger charge is -2.01. The number of rotatable bonds is 6. The van der Waals surface area contributed by atoms with Gasteiger partial charge >= 0.3 is 0 Å². The Morgan fingerprint density at radius 3 is 2.56 bits per heavy atom. The van der Waals surface area contributed by atoms with Gasteiger partial charge in [-0.05, 0) is 19.8 Å². The van der Waals surface area contributed by atoms with Crippen molar-refractivity contribution in [3.05, 3.63) is 35.9 Å². The molecule has 0 fully saturated rings. The molecule has 0 saturated carbocycles. The summed E-state index contributed by atoms with van der Waals surface area (Å²) in [4.78, 5) is 16.4. The summed E-state index contributed by atoms with van der Waals surface area (Å²) in [5.74, 6) is 0.186. The van der Waals surface area contributed by atoms with Gasteiger partial charge in [-0.3, -0.25) is 4.79 Å². The van der Waals surface area contributed by atoms with Crippen LogP contribution in [0.4, 0.5) is 0 Å². The first-order valence-corrected chi connectivity index (χ1v) is 5.39. The lowest BCUT2D eigenvalue weighted by atomic mass is 10.0. The van der Waals surface area contributed by atoms with E-state index in [9.17, 15) is 4.79 Å². The summed E-state index contributed by atoms with van der Waals surface area (Å²) in [5.41, 5.74) is 1.70. The molecule has 0 aliphatic rings. The maximum absolute atomic E-state index is 11.7. The van der Waals surface area contributed by atoms with Gasteiger partial charge in [0.1, 0.15) is 7.11 Å². The number of hydrogen-bond donors (Lipinski definition) is 0. The molecule has 0 N–H and O–H groups in total. The zero-order valence-corrected chi connectivity index (χ0v) is 9.77. The lowest BCUT2D eigenvalue weighted by Crippen LogP contribution is -2.00. The summed E-state index contributed by atoms with van der Waals surface area (Å²) in [6.45, 7) is 1.90. The molecule has 0 atom stereocenters. The van der Waals surface area contributed by atoms with E-state index in [1.54, 1.807) is 0 Å². The number of ketones is 1. The number of oxime groups is 1. The second-order valence-electron chi connectivity index (χ2n) is 3.65. The maximum atomic E-state index is 11.7. The Hall–Kier alpha value is -1.64. The fraction of sp³-hybridized carbons (Fsp3) is 0.385. The third kappa shape index (κ3) is 4.26. The molecule has 0 bridgehead atoms. The first kappa shape index (κ1) is 12.4. The molecule has 1 rings (SSSR count). The van der Waals surface area contributed by atoms with Crippen molar-refractivity contribution in [2.45, 2.75) is 26.2 Å². The molecule has 3 heteroatoms. The molecule has 1 aromatic carbocycles. The van der Waals surface area contributed by atoms with Gasteiger partial charge in [0, 0.05) is 12.0 Å². The molecule has 1 aromatic rings. The fourth-order valence-electron chi connectivity index (χ4n) is 1.47. The van der Waals surface area contributed by atoms with Gasteiger partial charge in [0.05, 0.1) is 5.71 Å². The van der Waals surface area contributed by atoms with Crippen molar-refractivity contribution in [2.24, 2.45) is 5.16 Å². The molecule has 0 unspecified atom stereocenters. The van der Waals surface area contributed by atoms with E-state index in [0.29, 0.717) is 6.42 Å². The van der Waals surface area contributed by atoms with Crippen molar-refractivity contribution >= 4 is 11.5 Å². The van der Waals surface area contributed by atoms with Crippen molar-refractivity contribution in [1.82, 2.24) is 0 Å². The Bertz CT molecular complexity index is 357. The van der Waals surface area contributed by atoms with Crippen LogP contribution in [-0.4, -0.2) is 18.6 Å². The molecule has 0 aliphatic heterocycles. The van der Waals surface area contributed by atoms with Gasteiger partial charge in [-0.1, -0.05) is 35.5 Å². The summed E-state index contributed by atoms with van der Waals surface area (Å²) in [6, 6.07) is 9.36. The minimum Gasteiger partial charge on any atom is -0.399 e. The third-order valence-electron chi connectivity index (χ3n) is 2.29. The smallest absolute Gasteiger partial charge is 0.162 e. The second-order valence-corrected chi connectivity index (χ2v) is 3.65. The summed E-state index contributed by atoms with van der Waals surface area (Å²) in [5, 5.41) is 3.80. The predicted octanol–water partition coefficient (Wildman–Crippen LogP) is 3.06. The molecule has 16 heavy (non-hydrogen) atoms. The molecule has 86 valence electrons. The van der Waals surface area contributed by atoms with E-state index >= 15 is 0 Å². The minimum absolute atomic E-state index is 0.186. The zero-order chi connectivity index (χ0) is 11.8. The highest BCUT2D eigenvalue weighted by atomic mass is 16.6. The van der Waals surface area contributed by atoms with Gasteiger partial charge < -0.3 is 4.84 Å². The fourth-order valence-corrected chi connectivity index (χ4v) is 1.47. The molecule has 0 heterocycles. The van der Waals surface area contributed by atoms with E-state index in [0.717, 1.165) is 24.1 Å². The van der Waals surface area contributed by atoms with Crippen LogP contribution >= 0.6 is 0 Å². The van der Waals surface area contributed by atoms with Crippen molar-refractivity contribution < 1.29 is 9.63 Å². The molecule has 0 aliphatic carbocycles. The number of benzene rings is 1. The van der Waals surface area contributed by atoms with Gasteiger partial charge in [-0.15, -0.1) is 0 Å². The highest BCUT2D eigenvalue weighted by Crippen LogP contribution is 2.07. The molecular weight excluding hydrogens is 202 g/mol. The number of nitrogens with zero attached hydrogens (tertiary/aromatic N) is 1. The van der Waals surface area contributed by atoms with E-state index in [1.807, 2.05) is 37.3 Å². The molecule has 0 radical (unpaired) electrons. The minimum atomic E-state index is 0.186. The average Bonchev–Trinajstić information content (AvgIpc) is 2.30. The van der Waals surface area contributed by atoms with Crippen molar-refractivity contribution in [1.29, 1.82) is 0 Å². The monoisotopic (exact) mass is 219 g/mol. The van der Waals surface area contributed by atoms with Crippen LogP contribution in [0, 0.1) is 0 Å². The highest BCUT2D eigenvalue weighted by Gasteiger charge is 2.04. The molecule has 0 spiro atoms. The molecule has 0 saturated heterocycles. The number of hydrogen-bond acceptors (Lipinski definition) is 3. The van der Waals surface area contributed by atoms with Crippen LogP contribution in [-0.2, 0) is 4.84 Å². The summed E-state index contributed by atoms with van der Waals surface area (Å²) >= 11 is 0. The molecule has 3 nitrogen and oxygen atoms in total. The third-order valence-corrected chi connectivity index (χ3v) is 2.29. The topological polar surface area (TPSA) is 38.7 Å². The van der Waals surface area contributed by atoms with Gasteiger partial charge in [0.25, 0.3) is 0 Å². The summed E-state index contributed by atoms with van der Waals surface area (Å²) in [7, 11) is 1.53. The lowest BCUT2D eigenvalue weighted by molar-refractivity contribution is 0.0980. The van der Waals surface area contributed by atoms with Gasteiger partial charge in [0.15, 0.2) is 5.78 Å². The Kier molecular flexibility index (Phi) is 5.26. The van der Waals surface area contributed by atoms with Crippen LogP contribution in [0.5, 0.6) is 0 Å². The van der Waals surface area contributed by atoms with Crippen LogP contribution in [0.25, 0.3) is 0 Å². The van der Waals surface area contributed by atoms with E-state index in [2.05, 4.69) is 9.99 Å². The van der Waals surface area contributed by atoms with Gasteiger partial charge in [-0.25, -0.2) is 0 Å². The van der Waals surface area contributed by atoms with E-state index < -0.39 is 0 Å². The Morgan fingerprint density at radius 2 is 1.94 bits per heavy atom. The Balaban J connectivity index is 2.34. The average molecular weight is 219 g/mol. The first-order chi connectivity index (χ1) is 7.74. The standard InChI is InChI=1S/C13H17NO2/c1-11(14-16-2)7-6-10-13(15)12-8-4-3-5-9-12/h3-5,8-9H,6-7,10H2,1-2H3/b14-11+. The Labute approximate surface area is 96.1 Å². The normalized spacial score (nSPS) is 11.2. The molecule has 0 aromatic heterocycles. The zero-order valence-electron chi connectivity index (χ0n) is 9.77. The largest absolute Gasteiger partial charge is 0.399 e. The SMILES string of the molecule is CO/N=C(\C)CCCC(=O)c1ccccc1. The number of carbonyl (C=O) groups excluding carboxylic acids is 1. The summed E-state index contributed by atoms with van der Waals surface area (Å²) in [6.07, 6.45) is 2.17. The van der Waals surface area contributed by atoms with Gasteiger partial charge in [-0.2, -0.15) is 0 Å². The van der Waals surface area contributed by atoms with Crippen molar-refractivity contribution in [3.8, 4) is 0 Å². The molecular formula is C13H17NO2. The quantitative estimate of drug-likeness (QED) is 0.419. The van der Waals surface area contributed by atoms with Crippen LogP contribution in [0.15, 0.2) is 35.5 Å². The van der Waals surface area contributed by atoms with Crippen LogP contribution in [0.1, 0.15) is 36.5 Å². The first-order valence-electron chi connectivity index (χ1n) is 5.39. The van der Waals surface area contributed by atoms with Crippen molar-refractivity contribution in [2.75, 3.05) is 7.11 Å². The van der Waals surface area contributed by atoms with E-state index in [1.165, 1.54) is 7.11 Å². The van der Waals surface area contributed by atoms with Crippen LogP contribution in [0.2, 0.25) is 0 Å². The second kappa shape index (κ2) is 6.77. The number of carbonyl (C=O) groups is 1. The van der Waals surface area contributed by atoms with Crippen LogP contribution < -0.4 is 0 Å². The van der Waals surface area contributed by atoms with Gasteiger partial charge in [0.2, 0.25) is 0 Å². The summed E-state index contributed by atoms with van der Waals surface area (Å²) < 4.78 is 0. The Morgan fingerprint density at radius 1 is 1.25 bits per heavy atom. The highest BCUT2D eigenvalue weighted by molar-refractivity contribution is 5.96. The van der Waals surface area contributed by atoms with E-state index in [4.69, 9.17) is 0 Å². The van der Waals surface area contributed by atoms with Crippen LogP contribution in [0.3, 0.4) is 0 Å². The van der Waals surface area contributed by atoms with Crippen molar-refractivity contribution in [3.63, 3.8) is 0 Å².